The second-order valence-electron chi connectivity index (χ2n) is 3.42. The van der Waals surface area contributed by atoms with Crippen molar-refractivity contribution in [3.8, 4) is 0 Å². The predicted octanol–water partition coefficient (Wildman–Crippen LogP) is 0.299. The van der Waals surface area contributed by atoms with Crippen molar-refractivity contribution in [1.82, 2.24) is 0 Å². The number of hydrogen-bond acceptors (Lipinski definition) is 10. The Hall–Kier alpha value is -1.40. The van der Waals surface area contributed by atoms with Crippen LogP contribution in [-0.2, 0) is 37.3 Å². The molecule has 1 radical (unpaired) electrons. The molecule has 19 heteroatoms. The molecule has 0 unspecified atom stereocenters. The zero-order valence-electron chi connectivity index (χ0n) is 12.3. The minimum Gasteiger partial charge on any atom is -0.741 e. The van der Waals surface area contributed by atoms with Gasteiger partial charge < -0.3 is 9.11 Å². The summed E-state index contributed by atoms with van der Waals surface area (Å²) in [6.45, 7) is 1.56. The van der Waals surface area contributed by atoms with E-state index in [4.69, 9.17) is 25.9 Å². The average molecular weight is 498 g/mol. The summed E-state index contributed by atoms with van der Waals surface area (Å²) in [6.07, 6.45) is 6.64. The van der Waals surface area contributed by atoms with E-state index in [1.54, 1.807) is 25.1 Å². The van der Waals surface area contributed by atoms with Gasteiger partial charge in [-0.15, -0.1) is 0 Å². The summed E-state index contributed by atoms with van der Waals surface area (Å²) in [6, 6.07) is 0. The quantitative estimate of drug-likeness (QED) is 0.202. The summed E-state index contributed by atoms with van der Waals surface area (Å²) < 4.78 is 118. The topological polar surface area (TPSA) is 164 Å². The van der Waals surface area contributed by atoms with Crippen molar-refractivity contribution in [2.24, 2.45) is 20.0 Å². The third-order valence-corrected chi connectivity index (χ3v) is 2.58. The van der Waals surface area contributed by atoms with E-state index in [1.165, 1.54) is 0 Å². The normalized spacial score (nSPS) is 14.8. The molecular formula is C8H8CuF6N4O6S2. The van der Waals surface area contributed by atoms with Gasteiger partial charge in [-0.1, -0.05) is 0 Å². The maximum atomic E-state index is 10.7. The van der Waals surface area contributed by atoms with Gasteiger partial charge in [-0.3, -0.25) is 9.98 Å². The molecule has 0 amide bonds. The van der Waals surface area contributed by atoms with Crippen LogP contribution in [0.25, 0.3) is 0 Å². The Morgan fingerprint density at radius 2 is 0.926 bits per heavy atom. The Labute approximate surface area is 159 Å². The van der Waals surface area contributed by atoms with E-state index < -0.39 is 31.3 Å². The van der Waals surface area contributed by atoms with Gasteiger partial charge in [0.2, 0.25) is 0 Å². The molecule has 161 valence electrons. The van der Waals surface area contributed by atoms with Crippen LogP contribution in [0.5, 0.6) is 0 Å². The second-order valence-corrected chi connectivity index (χ2v) is 6.17. The third-order valence-electron chi connectivity index (χ3n) is 1.45. The molecule has 0 bridgehead atoms. The molecule has 10 nitrogen and oxygen atoms in total. The summed E-state index contributed by atoms with van der Waals surface area (Å²) in [5.74, 6) is 0. The van der Waals surface area contributed by atoms with Crippen molar-refractivity contribution in [1.29, 1.82) is 0 Å². The Morgan fingerprint density at radius 1 is 0.704 bits per heavy atom. The maximum Gasteiger partial charge on any atom is 2.00 e. The molecule has 2 aliphatic heterocycles. The van der Waals surface area contributed by atoms with Crippen LogP contribution in [-0.4, -0.2) is 75.2 Å². The van der Waals surface area contributed by atoms with Crippen LogP contribution in [0, 0.1) is 0 Å². The zero-order chi connectivity index (χ0) is 21.1. The minimum atomic E-state index is -6.09. The Bertz CT molecular complexity index is 660. The second kappa shape index (κ2) is 12.9. The van der Waals surface area contributed by atoms with Crippen LogP contribution < -0.4 is 0 Å². The molecule has 0 aliphatic carbocycles. The first-order valence-electron chi connectivity index (χ1n) is 5.54. The van der Waals surface area contributed by atoms with Crippen molar-refractivity contribution >= 4 is 45.3 Å². The fraction of sp³-hybridized carbons (Fsp3) is 0.500. The molecule has 0 aromatic heterocycles. The van der Waals surface area contributed by atoms with E-state index in [9.17, 15) is 26.3 Å². The van der Waals surface area contributed by atoms with E-state index in [1.807, 2.05) is 0 Å². The molecule has 0 atom stereocenters. The van der Waals surface area contributed by atoms with Gasteiger partial charge in [0.1, 0.15) is 12.7 Å². The van der Waals surface area contributed by atoms with Crippen LogP contribution in [0.15, 0.2) is 20.0 Å². The minimum absolute atomic E-state index is 0. The molecule has 0 saturated heterocycles. The Balaban J connectivity index is -0.000000286. The van der Waals surface area contributed by atoms with Crippen LogP contribution in [0.2, 0.25) is 0 Å². The van der Waals surface area contributed by atoms with Crippen molar-refractivity contribution in [2.75, 3.05) is 13.1 Å². The summed E-state index contributed by atoms with van der Waals surface area (Å²) in [4.78, 5) is 14.8. The fourth-order valence-electron chi connectivity index (χ4n) is 0.471. The van der Waals surface area contributed by atoms with Crippen LogP contribution >= 0.6 is 0 Å². The predicted molar refractivity (Wildman–Crippen MR) is 75.2 cm³/mol. The first kappa shape index (κ1) is 30.3. The largest absolute Gasteiger partial charge is 2.00 e. The van der Waals surface area contributed by atoms with E-state index >= 15 is 0 Å². The van der Waals surface area contributed by atoms with Gasteiger partial charge in [0.25, 0.3) is 0 Å². The molecule has 2 rings (SSSR count). The van der Waals surface area contributed by atoms with E-state index in [0.29, 0.717) is 0 Å². The van der Waals surface area contributed by atoms with E-state index in [0.717, 1.165) is 13.1 Å². The Kier molecular flexibility index (Phi) is 14.5. The number of aliphatic imine (C=N–C) groups is 4. The van der Waals surface area contributed by atoms with Crippen molar-refractivity contribution < 1.29 is 69.4 Å². The summed E-state index contributed by atoms with van der Waals surface area (Å²) in [7, 11) is -12.2. The zero-order valence-corrected chi connectivity index (χ0v) is 14.9. The monoisotopic (exact) mass is 497 g/mol. The summed E-state index contributed by atoms with van der Waals surface area (Å²) in [5.41, 5.74) is -11.3. The van der Waals surface area contributed by atoms with Crippen LogP contribution in [0.3, 0.4) is 0 Å². The number of hydrogen-bond donors (Lipinski definition) is 0. The molecule has 0 aromatic rings. The summed E-state index contributed by atoms with van der Waals surface area (Å²) >= 11 is 0. The van der Waals surface area contributed by atoms with Gasteiger partial charge in [-0.2, -0.15) is 26.3 Å². The fourth-order valence-corrected chi connectivity index (χ4v) is 0.471. The number of alkyl halides is 6. The van der Waals surface area contributed by atoms with Crippen molar-refractivity contribution in [3.63, 3.8) is 0 Å². The number of rotatable bonds is 0. The average Bonchev–Trinajstić information content (AvgIpc) is 3.15. The molecule has 0 N–H and O–H groups in total. The molecule has 2 aliphatic rings. The van der Waals surface area contributed by atoms with E-state index in [-0.39, 0.29) is 17.1 Å². The standard InChI is InChI=1S/2C3H4N2.2CHF3O3S.Cu/c2*1-2-5-3-4-1;2*2-1(3,4)8(5,6)7;/h2*1,3H,2H2;2*(H,5,6,7);/q;;;;+2/p-2. The molecule has 0 spiro atoms. The van der Waals surface area contributed by atoms with Crippen LogP contribution in [0.4, 0.5) is 26.3 Å². The smallest absolute Gasteiger partial charge is 0.741 e. The van der Waals surface area contributed by atoms with Crippen molar-refractivity contribution in [2.45, 2.75) is 11.0 Å². The molecule has 0 fully saturated rings. The summed E-state index contributed by atoms with van der Waals surface area (Å²) in [5, 5.41) is 0. The van der Waals surface area contributed by atoms with Gasteiger partial charge in [0.15, 0.2) is 20.2 Å². The van der Waals surface area contributed by atoms with Gasteiger partial charge in [-0.05, 0) is 0 Å². The molecule has 0 aromatic carbocycles. The van der Waals surface area contributed by atoms with Gasteiger partial charge in [0.05, 0.1) is 13.1 Å². The number of nitrogens with zero attached hydrogens (tertiary/aromatic N) is 4. The maximum absolute atomic E-state index is 10.7. The molecule has 27 heavy (non-hydrogen) atoms. The molecule has 2 heterocycles. The third kappa shape index (κ3) is 17.8. The number of halogens is 6. The SMILES string of the molecule is C1=NC=NC1.C1=NC=NC1.O=S(=O)([O-])C(F)(F)F.O=S(=O)([O-])C(F)(F)F.[Cu+2]. The van der Waals surface area contributed by atoms with Gasteiger partial charge in [0, 0.05) is 12.4 Å². The van der Waals surface area contributed by atoms with E-state index in [2.05, 4.69) is 20.0 Å². The first-order valence-corrected chi connectivity index (χ1v) is 8.36. The van der Waals surface area contributed by atoms with Crippen LogP contribution in [0.1, 0.15) is 0 Å². The molecule has 0 saturated carbocycles. The van der Waals surface area contributed by atoms with Gasteiger partial charge in [-0.25, -0.2) is 26.8 Å². The molecular weight excluding hydrogens is 490 g/mol. The van der Waals surface area contributed by atoms with Gasteiger partial charge >= 0.3 is 28.1 Å². The Morgan fingerprint density at radius 3 is 0.963 bits per heavy atom. The van der Waals surface area contributed by atoms with Crippen molar-refractivity contribution in [3.05, 3.63) is 0 Å². The first-order chi connectivity index (χ1) is 11.5.